The van der Waals surface area contributed by atoms with Gasteiger partial charge in [0.1, 0.15) is 5.75 Å². The number of hydrogen-bond donors (Lipinski definition) is 1. The van der Waals surface area contributed by atoms with Crippen LogP contribution in [-0.4, -0.2) is 38.8 Å². The van der Waals surface area contributed by atoms with Crippen LogP contribution in [0.4, 0.5) is 0 Å². The summed E-state index contributed by atoms with van der Waals surface area (Å²) in [5, 5.41) is 2.95. The summed E-state index contributed by atoms with van der Waals surface area (Å²) >= 11 is 0. The second-order valence-electron chi connectivity index (χ2n) is 7.77. The Morgan fingerprint density at radius 1 is 1.03 bits per heavy atom. The van der Waals surface area contributed by atoms with Crippen molar-refractivity contribution in [3.8, 4) is 5.75 Å². The van der Waals surface area contributed by atoms with E-state index in [0.717, 1.165) is 37.0 Å². The molecule has 2 aromatic carbocycles. The summed E-state index contributed by atoms with van der Waals surface area (Å²) in [6.45, 7) is 4.73. The molecule has 1 saturated heterocycles. The summed E-state index contributed by atoms with van der Waals surface area (Å²) in [6, 6.07) is 12.1. The van der Waals surface area contributed by atoms with Gasteiger partial charge in [-0.15, -0.1) is 0 Å². The molecule has 1 aliphatic heterocycles. The Balaban J connectivity index is 1.80. The summed E-state index contributed by atoms with van der Waals surface area (Å²) in [5.74, 6) is 0.449. The maximum Gasteiger partial charge on any atom is 0.251 e. The van der Waals surface area contributed by atoms with Crippen molar-refractivity contribution in [3.63, 3.8) is 0 Å². The third-order valence-electron chi connectivity index (χ3n) is 5.60. The van der Waals surface area contributed by atoms with Crippen molar-refractivity contribution in [2.24, 2.45) is 0 Å². The van der Waals surface area contributed by atoms with Crippen LogP contribution >= 0.6 is 0 Å². The van der Waals surface area contributed by atoms with E-state index in [2.05, 4.69) is 5.32 Å². The van der Waals surface area contributed by atoms with Crippen molar-refractivity contribution in [2.75, 3.05) is 20.2 Å². The highest BCUT2D eigenvalue weighted by Gasteiger charge is 2.27. The minimum atomic E-state index is -3.62. The van der Waals surface area contributed by atoms with E-state index in [1.165, 1.54) is 6.07 Å². The maximum absolute atomic E-state index is 13.2. The Morgan fingerprint density at radius 3 is 2.27 bits per heavy atom. The van der Waals surface area contributed by atoms with Crippen molar-refractivity contribution in [1.29, 1.82) is 0 Å². The number of rotatable bonds is 6. The van der Waals surface area contributed by atoms with E-state index in [4.69, 9.17) is 4.74 Å². The van der Waals surface area contributed by atoms with E-state index >= 15 is 0 Å². The fourth-order valence-corrected chi connectivity index (χ4v) is 5.46. The van der Waals surface area contributed by atoms with Gasteiger partial charge in [-0.2, -0.15) is 4.31 Å². The zero-order valence-electron chi connectivity index (χ0n) is 17.8. The SMILES string of the molecule is COc1ccc([C@H](C)NC(=O)c2ccc(C)c(S(=O)(=O)N3CCCCCC3)c2)cc1. The van der Waals surface area contributed by atoms with Crippen LogP contribution in [-0.2, 0) is 10.0 Å². The molecule has 0 unspecified atom stereocenters. The second kappa shape index (κ2) is 9.62. The Morgan fingerprint density at radius 2 is 1.67 bits per heavy atom. The van der Waals surface area contributed by atoms with Crippen LogP contribution in [0.1, 0.15) is 60.1 Å². The van der Waals surface area contributed by atoms with Crippen LogP contribution in [0.25, 0.3) is 0 Å². The molecule has 1 atom stereocenters. The van der Waals surface area contributed by atoms with Gasteiger partial charge in [0.05, 0.1) is 18.0 Å². The second-order valence-corrected chi connectivity index (χ2v) is 9.67. The van der Waals surface area contributed by atoms with Crippen molar-refractivity contribution in [2.45, 2.75) is 50.5 Å². The number of aryl methyl sites for hydroxylation is 1. The summed E-state index contributed by atoms with van der Waals surface area (Å²) in [6.07, 6.45) is 3.85. The van der Waals surface area contributed by atoms with E-state index in [9.17, 15) is 13.2 Å². The molecular formula is C23H30N2O4S. The van der Waals surface area contributed by atoms with Gasteiger partial charge in [-0.1, -0.05) is 31.0 Å². The van der Waals surface area contributed by atoms with Crippen molar-refractivity contribution in [3.05, 3.63) is 59.2 Å². The molecule has 3 rings (SSSR count). The lowest BCUT2D eigenvalue weighted by Gasteiger charge is -2.22. The number of ether oxygens (including phenoxy) is 1. The summed E-state index contributed by atoms with van der Waals surface area (Å²) in [7, 11) is -2.01. The number of hydrogen-bond acceptors (Lipinski definition) is 4. The zero-order chi connectivity index (χ0) is 21.7. The molecule has 162 valence electrons. The van der Waals surface area contributed by atoms with Gasteiger partial charge in [-0.05, 0) is 62.1 Å². The van der Waals surface area contributed by atoms with Gasteiger partial charge in [-0.25, -0.2) is 8.42 Å². The molecule has 0 aromatic heterocycles. The normalized spacial score (nSPS) is 16.5. The van der Waals surface area contributed by atoms with Crippen molar-refractivity contribution in [1.82, 2.24) is 9.62 Å². The molecule has 2 aromatic rings. The van der Waals surface area contributed by atoms with Crippen molar-refractivity contribution < 1.29 is 17.9 Å². The van der Waals surface area contributed by atoms with Crippen LogP contribution in [0.5, 0.6) is 5.75 Å². The number of carbonyl (C=O) groups is 1. The van der Waals surface area contributed by atoms with Crippen molar-refractivity contribution >= 4 is 15.9 Å². The van der Waals surface area contributed by atoms with Gasteiger partial charge < -0.3 is 10.1 Å². The molecule has 1 aliphatic rings. The number of nitrogens with zero attached hydrogens (tertiary/aromatic N) is 1. The predicted molar refractivity (Wildman–Crippen MR) is 117 cm³/mol. The first-order chi connectivity index (χ1) is 14.3. The van der Waals surface area contributed by atoms with Gasteiger partial charge in [0.2, 0.25) is 10.0 Å². The third kappa shape index (κ3) is 5.02. The molecule has 0 saturated carbocycles. The van der Waals surface area contributed by atoms with Crippen LogP contribution < -0.4 is 10.1 Å². The molecule has 0 bridgehead atoms. The molecule has 0 radical (unpaired) electrons. The van der Waals surface area contributed by atoms with Gasteiger partial charge in [0.15, 0.2) is 0 Å². The van der Waals surface area contributed by atoms with Gasteiger partial charge in [-0.3, -0.25) is 4.79 Å². The van der Waals surface area contributed by atoms with Crippen LogP contribution in [0.15, 0.2) is 47.4 Å². The molecule has 1 fully saturated rings. The van der Waals surface area contributed by atoms with E-state index < -0.39 is 10.0 Å². The Bertz CT molecular complexity index is 979. The largest absolute Gasteiger partial charge is 0.497 e. The number of carbonyl (C=O) groups excluding carboxylic acids is 1. The lowest BCUT2D eigenvalue weighted by molar-refractivity contribution is 0.0939. The molecule has 0 spiro atoms. The van der Waals surface area contributed by atoms with E-state index in [0.29, 0.717) is 24.2 Å². The first kappa shape index (κ1) is 22.3. The molecule has 7 heteroatoms. The van der Waals surface area contributed by atoms with Gasteiger partial charge in [0, 0.05) is 18.7 Å². The predicted octanol–water partition coefficient (Wildman–Crippen LogP) is 4.06. The first-order valence-corrected chi connectivity index (χ1v) is 11.8. The first-order valence-electron chi connectivity index (χ1n) is 10.4. The highest BCUT2D eigenvalue weighted by molar-refractivity contribution is 7.89. The lowest BCUT2D eigenvalue weighted by atomic mass is 10.1. The quantitative estimate of drug-likeness (QED) is 0.750. The van der Waals surface area contributed by atoms with Gasteiger partial charge in [0.25, 0.3) is 5.91 Å². The Hall–Kier alpha value is -2.38. The summed E-state index contributed by atoms with van der Waals surface area (Å²) < 4.78 is 33.2. The third-order valence-corrected chi connectivity index (χ3v) is 7.64. The molecular weight excluding hydrogens is 400 g/mol. The van der Waals surface area contributed by atoms with Crippen LogP contribution in [0, 0.1) is 6.92 Å². The average molecular weight is 431 g/mol. The fourth-order valence-electron chi connectivity index (χ4n) is 3.70. The summed E-state index contributed by atoms with van der Waals surface area (Å²) in [4.78, 5) is 13.0. The minimum Gasteiger partial charge on any atom is -0.497 e. The minimum absolute atomic E-state index is 0.217. The Kier molecular flexibility index (Phi) is 7.15. The van der Waals surface area contributed by atoms with Gasteiger partial charge >= 0.3 is 0 Å². The molecule has 1 amide bonds. The topological polar surface area (TPSA) is 75.7 Å². The Labute approximate surface area is 179 Å². The average Bonchev–Trinajstić information content (AvgIpc) is 3.04. The zero-order valence-corrected chi connectivity index (χ0v) is 18.7. The van der Waals surface area contributed by atoms with Crippen LogP contribution in [0.2, 0.25) is 0 Å². The fraction of sp³-hybridized carbons (Fsp3) is 0.435. The number of sulfonamides is 1. The van der Waals surface area contributed by atoms with E-state index in [1.807, 2.05) is 31.2 Å². The van der Waals surface area contributed by atoms with E-state index in [-0.39, 0.29) is 16.8 Å². The van der Waals surface area contributed by atoms with Crippen LogP contribution in [0.3, 0.4) is 0 Å². The maximum atomic E-state index is 13.2. The molecule has 0 aliphatic carbocycles. The standard InChI is InChI=1S/C23H30N2O4S/c1-17-8-9-20(16-22(17)30(27,28)25-14-6-4-5-7-15-25)23(26)24-18(2)19-10-12-21(29-3)13-11-19/h8-13,16,18H,4-7,14-15H2,1-3H3,(H,24,26)/t18-/m0/s1. The number of amides is 1. The highest BCUT2D eigenvalue weighted by Crippen LogP contribution is 2.25. The highest BCUT2D eigenvalue weighted by atomic mass is 32.2. The van der Waals surface area contributed by atoms with E-state index in [1.54, 1.807) is 30.5 Å². The number of benzene rings is 2. The summed E-state index contributed by atoms with van der Waals surface area (Å²) in [5.41, 5.74) is 1.93. The molecule has 6 nitrogen and oxygen atoms in total. The smallest absolute Gasteiger partial charge is 0.251 e. The number of nitrogens with one attached hydrogen (secondary N) is 1. The molecule has 30 heavy (non-hydrogen) atoms. The number of methoxy groups -OCH3 is 1. The molecule has 1 heterocycles. The monoisotopic (exact) mass is 430 g/mol. The molecule has 1 N–H and O–H groups in total. The lowest BCUT2D eigenvalue weighted by Crippen LogP contribution is -2.33.